The maximum absolute atomic E-state index is 5.37. The van der Waals surface area contributed by atoms with Crippen LogP contribution in [-0.2, 0) is 4.43 Å². The molecule has 3 heteroatoms. The molecule has 0 rings (SSSR count). The lowest BCUT2D eigenvalue weighted by atomic mass is 10.6. The van der Waals surface area contributed by atoms with E-state index in [-0.39, 0.29) is 0 Å². The Labute approximate surface area is 61.5 Å². The van der Waals surface area contributed by atoms with Gasteiger partial charge < -0.3 is 4.43 Å². The topological polar surface area (TPSA) is 9.23 Å². The molecule has 0 bridgehead atoms. The van der Waals surface area contributed by atoms with Crippen LogP contribution in [-0.4, -0.2) is 21.6 Å². The fourth-order valence-electron chi connectivity index (χ4n) is 0.630. The van der Waals surface area contributed by atoms with Crippen molar-refractivity contribution in [2.45, 2.75) is 25.6 Å². The second-order valence-corrected chi connectivity index (χ2v) is 7.86. The molecular formula is C6H17OPSi. The molecule has 0 aliphatic carbocycles. The first-order chi connectivity index (χ1) is 4.12. The van der Waals surface area contributed by atoms with Crippen LogP contribution in [0.25, 0.3) is 0 Å². The summed E-state index contributed by atoms with van der Waals surface area (Å²) >= 11 is 0. The van der Waals surface area contributed by atoms with Gasteiger partial charge in [0, 0.05) is 7.11 Å². The highest BCUT2D eigenvalue weighted by Gasteiger charge is 2.18. The summed E-state index contributed by atoms with van der Waals surface area (Å²) in [5, 5.41) is 0. The Balaban J connectivity index is 3.33. The molecule has 0 aliphatic heterocycles. The Hall–Kier alpha value is 0.607. The Morgan fingerprint density at radius 1 is 1.44 bits per heavy atom. The summed E-state index contributed by atoms with van der Waals surface area (Å²) in [7, 11) is 3.36. The predicted octanol–water partition coefficient (Wildman–Crippen LogP) is 2.10. The monoisotopic (exact) mass is 164 g/mol. The predicted molar refractivity (Wildman–Crippen MR) is 48.5 cm³/mol. The first-order valence-electron chi connectivity index (χ1n) is 3.37. The van der Waals surface area contributed by atoms with Crippen LogP contribution in [0.5, 0.6) is 0 Å². The van der Waals surface area contributed by atoms with Crippen molar-refractivity contribution >= 4 is 17.6 Å². The van der Waals surface area contributed by atoms with Crippen LogP contribution in [0.15, 0.2) is 0 Å². The van der Waals surface area contributed by atoms with Crippen LogP contribution in [0, 0.1) is 0 Å². The average molecular weight is 164 g/mol. The summed E-state index contributed by atoms with van der Waals surface area (Å²) in [5.41, 5.74) is 0. The van der Waals surface area contributed by atoms with Crippen molar-refractivity contribution < 1.29 is 4.43 Å². The van der Waals surface area contributed by atoms with Crippen LogP contribution in [0.3, 0.4) is 0 Å². The van der Waals surface area contributed by atoms with Crippen LogP contribution in [0.1, 0.15) is 6.42 Å². The van der Waals surface area contributed by atoms with Gasteiger partial charge in [-0.15, -0.1) is 9.24 Å². The van der Waals surface area contributed by atoms with Crippen molar-refractivity contribution in [1.82, 2.24) is 0 Å². The molecule has 0 saturated heterocycles. The van der Waals surface area contributed by atoms with E-state index in [1.165, 1.54) is 18.6 Å². The average Bonchev–Trinajstić information content (AvgIpc) is 1.84. The van der Waals surface area contributed by atoms with Gasteiger partial charge in [0.1, 0.15) is 0 Å². The normalized spacial score (nSPS) is 12.0. The summed E-state index contributed by atoms with van der Waals surface area (Å²) in [5.74, 6) is 0. The molecule has 0 aliphatic rings. The molecule has 0 spiro atoms. The Morgan fingerprint density at radius 2 is 2.00 bits per heavy atom. The van der Waals surface area contributed by atoms with Gasteiger partial charge in [-0.3, -0.25) is 0 Å². The summed E-state index contributed by atoms with van der Waals surface area (Å²) in [6.07, 6.45) is 2.50. The van der Waals surface area contributed by atoms with E-state index < -0.39 is 8.32 Å². The number of hydrogen-bond acceptors (Lipinski definition) is 1. The van der Waals surface area contributed by atoms with Gasteiger partial charge in [-0.25, -0.2) is 0 Å². The van der Waals surface area contributed by atoms with Crippen molar-refractivity contribution in [2.75, 3.05) is 13.3 Å². The van der Waals surface area contributed by atoms with Crippen LogP contribution in [0.4, 0.5) is 0 Å². The van der Waals surface area contributed by atoms with E-state index in [0.29, 0.717) is 0 Å². The third-order valence-electron chi connectivity index (χ3n) is 1.54. The van der Waals surface area contributed by atoms with Gasteiger partial charge in [-0.1, -0.05) is 6.42 Å². The minimum Gasteiger partial charge on any atom is -0.420 e. The van der Waals surface area contributed by atoms with Crippen molar-refractivity contribution in [3.05, 3.63) is 0 Å². The molecule has 56 valence electrons. The summed E-state index contributed by atoms with van der Waals surface area (Å²) < 4.78 is 5.37. The van der Waals surface area contributed by atoms with Crippen molar-refractivity contribution in [1.29, 1.82) is 0 Å². The first kappa shape index (κ1) is 9.61. The van der Waals surface area contributed by atoms with Crippen molar-refractivity contribution in [2.24, 2.45) is 0 Å². The standard InChI is InChI=1S/C6H17OPSi/c1-7-9(2,3)6-4-5-8/h4-6,8H2,1-3H3. The zero-order chi connectivity index (χ0) is 7.33. The van der Waals surface area contributed by atoms with Crippen LogP contribution in [0.2, 0.25) is 19.1 Å². The summed E-state index contributed by atoms with van der Waals surface area (Å²) in [6.45, 7) is 4.51. The van der Waals surface area contributed by atoms with Crippen LogP contribution < -0.4 is 0 Å². The molecule has 0 N–H and O–H groups in total. The zero-order valence-electron chi connectivity index (χ0n) is 6.61. The molecular weight excluding hydrogens is 147 g/mol. The maximum Gasteiger partial charge on any atom is 0.186 e. The Kier molecular flexibility index (Phi) is 4.73. The lowest BCUT2D eigenvalue weighted by molar-refractivity contribution is 0.403. The fraction of sp³-hybridized carbons (Fsp3) is 1.00. The smallest absolute Gasteiger partial charge is 0.186 e. The van der Waals surface area contributed by atoms with E-state index in [2.05, 4.69) is 22.3 Å². The third-order valence-corrected chi connectivity index (χ3v) is 4.61. The molecule has 1 nitrogen and oxygen atoms in total. The highest BCUT2D eigenvalue weighted by molar-refractivity contribution is 7.16. The van der Waals surface area contributed by atoms with Gasteiger partial charge in [0.05, 0.1) is 0 Å². The highest BCUT2D eigenvalue weighted by Crippen LogP contribution is 2.12. The second-order valence-electron chi connectivity index (χ2n) is 2.86. The molecule has 1 atom stereocenters. The molecule has 0 aromatic heterocycles. The van der Waals surface area contributed by atoms with Crippen molar-refractivity contribution in [3.63, 3.8) is 0 Å². The van der Waals surface area contributed by atoms with Gasteiger partial charge in [0.15, 0.2) is 8.32 Å². The van der Waals surface area contributed by atoms with E-state index in [4.69, 9.17) is 4.43 Å². The molecule has 0 fully saturated rings. The first-order valence-corrected chi connectivity index (χ1v) is 7.31. The second kappa shape index (κ2) is 4.43. The van der Waals surface area contributed by atoms with Gasteiger partial charge >= 0.3 is 0 Å². The largest absolute Gasteiger partial charge is 0.420 e. The van der Waals surface area contributed by atoms with E-state index in [1.54, 1.807) is 0 Å². The minimum atomic E-state index is -1.21. The van der Waals surface area contributed by atoms with Gasteiger partial charge in [0.2, 0.25) is 0 Å². The zero-order valence-corrected chi connectivity index (χ0v) is 8.76. The van der Waals surface area contributed by atoms with E-state index >= 15 is 0 Å². The minimum absolute atomic E-state index is 1.21. The third kappa shape index (κ3) is 5.07. The van der Waals surface area contributed by atoms with Gasteiger partial charge in [-0.2, -0.15) is 0 Å². The SMILES string of the molecule is CO[Si](C)(C)CCCP. The van der Waals surface area contributed by atoms with E-state index in [1.807, 2.05) is 7.11 Å². The Morgan fingerprint density at radius 3 is 2.33 bits per heavy atom. The lowest BCUT2D eigenvalue weighted by Gasteiger charge is -2.18. The number of rotatable bonds is 4. The van der Waals surface area contributed by atoms with Gasteiger partial charge in [0.25, 0.3) is 0 Å². The Bertz CT molecular complexity index is 75.5. The fourth-order valence-corrected chi connectivity index (χ4v) is 2.50. The van der Waals surface area contributed by atoms with Crippen molar-refractivity contribution in [3.8, 4) is 0 Å². The maximum atomic E-state index is 5.37. The summed E-state index contributed by atoms with van der Waals surface area (Å²) in [6, 6.07) is 1.28. The molecule has 0 saturated carbocycles. The highest BCUT2D eigenvalue weighted by atomic mass is 31.0. The molecule has 0 radical (unpaired) electrons. The lowest BCUT2D eigenvalue weighted by Crippen LogP contribution is -2.27. The quantitative estimate of drug-likeness (QED) is 0.457. The summed E-state index contributed by atoms with van der Waals surface area (Å²) in [4.78, 5) is 0. The van der Waals surface area contributed by atoms with Gasteiger partial charge in [-0.05, 0) is 25.3 Å². The van der Waals surface area contributed by atoms with E-state index in [0.717, 1.165) is 0 Å². The molecule has 0 aromatic carbocycles. The van der Waals surface area contributed by atoms with Crippen LogP contribution >= 0.6 is 9.24 Å². The molecule has 0 aromatic rings. The van der Waals surface area contributed by atoms with E-state index in [9.17, 15) is 0 Å². The molecule has 9 heavy (non-hydrogen) atoms. The molecule has 1 unspecified atom stereocenters. The molecule has 0 heterocycles. The number of hydrogen-bond donors (Lipinski definition) is 0. The molecule has 0 amide bonds.